The van der Waals surface area contributed by atoms with Gasteiger partial charge in [-0.2, -0.15) is 5.10 Å². The number of aryl methyl sites for hydroxylation is 4. The predicted molar refractivity (Wildman–Crippen MR) is 111 cm³/mol. The SMILES string of the molecule is Cc1c(CCNC(=O)C2CCc3nn(C)c(=O)n3C2)c2cccc3c2n1CCC3. The molecule has 152 valence electrons. The molecular formula is C22H27N5O2. The third-order valence-electron chi connectivity index (χ3n) is 6.63. The van der Waals surface area contributed by atoms with E-state index in [9.17, 15) is 9.59 Å². The van der Waals surface area contributed by atoms with Crippen LogP contribution in [-0.4, -0.2) is 31.4 Å². The van der Waals surface area contributed by atoms with Gasteiger partial charge in [-0.15, -0.1) is 0 Å². The molecule has 0 saturated heterocycles. The molecule has 0 radical (unpaired) electrons. The number of carbonyl (C=O) groups is 1. The van der Waals surface area contributed by atoms with Crippen LogP contribution in [-0.2, 0) is 44.2 Å². The summed E-state index contributed by atoms with van der Waals surface area (Å²) < 4.78 is 5.44. The van der Waals surface area contributed by atoms with Gasteiger partial charge in [0, 0.05) is 44.2 Å². The molecule has 7 heteroatoms. The van der Waals surface area contributed by atoms with Crippen LogP contribution in [0.15, 0.2) is 23.0 Å². The maximum Gasteiger partial charge on any atom is 0.345 e. The summed E-state index contributed by atoms with van der Waals surface area (Å²) >= 11 is 0. The molecule has 0 aliphatic carbocycles. The second kappa shape index (κ2) is 6.90. The summed E-state index contributed by atoms with van der Waals surface area (Å²) in [6.45, 7) is 4.32. The van der Waals surface area contributed by atoms with E-state index in [-0.39, 0.29) is 17.5 Å². The third-order valence-corrected chi connectivity index (χ3v) is 6.63. The van der Waals surface area contributed by atoms with Gasteiger partial charge in [0.2, 0.25) is 5.91 Å². The second-order valence-electron chi connectivity index (χ2n) is 8.34. The number of carbonyl (C=O) groups excluding carboxylic acids is 1. The lowest BCUT2D eigenvalue weighted by Crippen LogP contribution is -2.39. The van der Waals surface area contributed by atoms with E-state index >= 15 is 0 Å². The average molecular weight is 393 g/mol. The molecule has 29 heavy (non-hydrogen) atoms. The molecule has 0 spiro atoms. The Morgan fingerprint density at radius 3 is 3.00 bits per heavy atom. The van der Waals surface area contributed by atoms with Crippen molar-refractivity contribution in [3.8, 4) is 0 Å². The molecule has 2 aliphatic heterocycles. The van der Waals surface area contributed by atoms with Crippen LogP contribution >= 0.6 is 0 Å². The molecule has 5 rings (SSSR count). The molecule has 4 heterocycles. The number of nitrogens with one attached hydrogen (secondary N) is 1. The van der Waals surface area contributed by atoms with Crippen LogP contribution in [0, 0.1) is 12.8 Å². The van der Waals surface area contributed by atoms with Gasteiger partial charge in [0.15, 0.2) is 0 Å². The average Bonchev–Trinajstić information content (AvgIpc) is 3.17. The molecular weight excluding hydrogens is 366 g/mol. The van der Waals surface area contributed by atoms with Crippen molar-refractivity contribution in [2.45, 2.75) is 52.1 Å². The largest absolute Gasteiger partial charge is 0.355 e. The molecule has 1 atom stereocenters. The first-order chi connectivity index (χ1) is 14.0. The Balaban J connectivity index is 1.28. The van der Waals surface area contributed by atoms with Gasteiger partial charge in [0.05, 0.1) is 11.4 Å². The molecule has 0 bridgehead atoms. The van der Waals surface area contributed by atoms with E-state index in [1.807, 2.05) is 0 Å². The van der Waals surface area contributed by atoms with E-state index in [2.05, 4.69) is 40.1 Å². The molecule has 0 saturated carbocycles. The summed E-state index contributed by atoms with van der Waals surface area (Å²) in [5, 5.41) is 8.69. The minimum atomic E-state index is -0.166. The van der Waals surface area contributed by atoms with Gasteiger partial charge in [0.1, 0.15) is 5.82 Å². The quantitative estimate of drug-likeness (QED) is 0.733. The molecule has 7 nitrogen and oxygen atoms in total. The maximum absolute atomic E-state index is 12.7. The Hall–Kier alpha value is -2.83. The Morgan fingerprint density at radius 2 is 2.14 bits per heavy atom. The highest BCUT2D eigenvalue weighted by Crippen LogP contribution is 2.32. The Morgan fingerprint density at radius 1 is 1.28 bits per heavy atom. The minimum Gasteiger partial charge on any atom is -0.355 e. The van der Waals surface area contributed by atoms with Gasteiger partial charge in [-0.25, -0.2) is 9.48 Å². The van der Waals surface area contributed by atoms with Crippen molar-refractivity contribution in [3.05, 3.63) is 51.3 Å². The van der Waals surface area contributed by atoms with Crippen molar-refractivity contribution in [2.24, 2.45) is 13.0 Å². The summed E-state index contributed by atoms with van der Waals surface area (Å²) in [7, 11) is 1.66. The summed E-state index contributed by atoms with van der Waals surface area (Å²) in [6, 6.07) is 6.60. The van der Waals surface area contributed by atoms with Gasteiger partial charge < -0.3 is 9.88 Å². The van der Waals surface area contributed by atoms with Crippen molar-refractivity contribution in [2.75, 3.05) is 6.54 Å². The number of aromatic nitrogens is 4. The van der Waals surface area contributed by atoms with E-state index in [4.69, 9.17) is 0 Å². The number of rotatable bonds is 4. The monoisotopic (exact) mass is 393 g/mol. The number of hydrogen-bond donors (Lipinski definition) is 1. The molecule has 2 aromatic heterocycles. The van der Waals surface area contributed by atoms with Crippen LogP contribution in [0.25, 0.3) is 10.9 Å². The van der Waals surface area contributed by atoms with Crippen molar-refractivity contribution < 1.29 is 4.79 Å². The zero-order chi connectivity index (χ0) is 20.1. The molecule has 1 amide bonds. The Labute approximate surface area is 169 Å². The predicted octanol–water partition coefficient (Wildman–Crippen LogP) is 1.71. The van der Waals surface area contributed by atoms with Crippen LogP contribution < -0.4 is 11.0 Å². The van der Waals surface area contributed by atoms with Gasteiger partial charge in [-0.05, 0) is 43.7 Å². The first-order valence-corrected chi connectivity index (χ1v) is 10.5. The van der Waals surface area contributed by atoms with Crippen molar-refractivity contribution in [1.82, 2.24) is 24.2 Å². The lowest BCUT2D eigenvalue weighted by Gasteiger charge is -2.21. The van der Waals surface area contributed by atoms with E-state index in [1.54, 1.807) is 11.6 Å². The molecule has 1 unspecified atom stereocenters. The summed E-state index contributed by atoms with van der Waals surface area (Å²) in [5.74, 6) is 0.657. The highest BCUT2D eigenvalue weighted by Gasteiger charge is 2.27. The first kappa shape index (κ1) is 18.2. The zero-order valence-corrected chi connectivity index (χ0v) is 17.1. The topological polar surface area (TPSA) is 73.8 Å². The molecule has 1 N–H and O–H groups in total. The van der Waals surface area contributed by atoms with Crippen LogP contribution in [0.4, 0.5) is 0 Å². The molecule has 0 fully saturated rings. The number of benzene rings is 1. The smallest absolute Gasteiger partial charge is 0.345 e. The first-order valence-electron chi connectivity index (χ1n) is 10.5. The van der Waals surface area contributed by atoms with Gasteiger partial charge in [-0.3, -0.25) is 9.36 Å². The number of hydrogen-bond acceptors (Lipinski definition) is 3. The van der Waals surface area contributed by atoms with Gasteiger partial charge in [-0.1, -0.05) is 18.2 Å². The zero-order valence-electron chi connectivity index (χ0n) is 17.1. The van der Waals surface area contributed by atoms with Gasteiger partial charge in [0.25, 0.3) is 0 Å². The molecule has 1 aromatic carbocycles. The standard InChI is InChI=1S/C22H27N5O2/c1-14-17(18-7-3-5-15-6-4-12-26(14)20(15)18)10-11-23-21(28)16-8-9-19-24-25(2)22(29)27(19)13-16/h3,5,7,16H,4,6,8-13H2,1-2H3,(H,23,28). The molecule has 3 aromatic rings. The third kappa shape index (κ3) is 2.91. The summed E-state index contributed by atoms with van der Waals surface area (Å²) in [5.41, 5.74) is 5.35. The second-order valence-corrected chi connectivity index (χ2v) is 8.34. The lowest BCUT2D eigenvalue weighted by atomic mass is 9.98. The lowest BCUT2D eigenvalue weighted by molar-refractivity contribution is -0.125. The normalized spacial score (nSPS) is 18.1. The maximum atomic E-state index is 12.7. The van der Waals surface area contributed by atoms with E-state index in [1.165, 1.54) is 38.8 Å². The number of fused-ring (bicyclic) bond motifs is 1. The Bertz CT molecular complexity index is 1170. The fourth-order valence-electron chi connectivity index (χ4n) is 5.11. The van der Waals surface area contributed by atoms with E-state index < -0.39 is 0 Å². The van der Waals surface area contributed by atoms with Crippen molar-refractivity contribution >= 4 is 16.8 Å². The van der Waals surface area contributed by atoms with Gasteiger partial charge >= 0.3 is 5.69 Å². The van der Waals surface area contributed by atoms with Crippen molar-refractivity contribution in [3.63, 3.8) is 0 Å². The van der Waals surface area contributed by atoms with Crippen LogP contribution in [0.1, 0.15) is 35.5 Å². The highest BCUT2D eigenvalue weighted by molar-refractivity contribution is 5.89. The number of amides is 1. The van der Waals surface area contributed by atoms with E-state index in [0.717, 1.165) is 31.6 Å². The fraction of sp³-hybridized carbons (Fsp3) is 0.500. The Kier molecular flexibility index (Phi) is 4.33. The number of para-hydroxylation sites is 1. The van der Waals surface area contributed by atoms with Crippen molar-refractivity contribution in [1.29, 1.82) is 0 Å². The summed E-state index contributed by atoms with van der Waals surface area (Å²) in [4.78, 5) is 24.9. The van der Waals surface area contributed by atoms with Crippen LogP contribution in [0.5, 0.6) is 0 Å². The van der Waals surface area contributed by atoms with E-state index in [0.29, 0.717) is 19.5 Å². The number of nitrogens with zero attached hydrogens (tertiary/aromatic N) is 4. The highest BCUT2D eigenvalue weighted by atomic mass is 16.2. The summed E-state index contributed by atoms with van der Waals surface area (Å²) in [6.07, 6.45) is 4.58. The van der Waals surface area contributed by atoms with Crippen LogP contribution in [0.2, 0.25) is 0 Å². The van der Waals surface area contributed by atoms with Crippen LogP contribution in [0.3, 0.4) is 0 Å². The fourth-order valence-corrected chi connectivity index (χ4v) is 5.11. The minimum absolute atomic E-state index is 0.0396. The molecule has 2 aliphatic rings.